The van der Waals surface area contributed by atoms with Crippen molar-refractivity contribution in [1.29, 1.82) is 0 Å². The quantitative estimate of drug-likeness (QED) is 0.0171. The topological polar surface area (TPSA) is 565 Å². The molecule has 0 radical (unpaired) electrons. The molecule has 2 aliphatic rings. The number of phenols is 1. The minimum Gasteiger partial charge on any atom is -0.508 e. The smallest absolute Gasteiger partial charge is 0.245 e. The number of nitrogens with zero attached hydrogens (tertiary/aromatic N) is 4. The van der Waals surface area contributed by atoms with Crippen LogP contribution in [0.1, 0.15) is 82.8 Å². The summed E-state index contributed by atoms with van der Waals surface area (Å²) in [4.78, 5) is 168. The van der Waals surface area contributed by atoms with Gasteiger partial charge in [0.05, 0.1) is 19.1 Å². The molecule has 2 fully saturated rings. The van der Waals surface area contributed by atoms with Crippen molar-refractivity contribution in [3.63, 3.8) is 0 Å². The summed E-state index contributed by atoms with van der Waals surface area (Å²) in [5, 5.41) is 33.2. The molecule has 0 bridgehead atoms. The summed E-state index contributed by atoms with van der Waals surface area (Å²) in [6.45, 7) is 2.36. The highest BCUT2D eigenvalue weighted by molar-refractivity contribution is 8.76. The number of phenolic OH excluding ortho intramolecular Hbond substituents is 1. The Balaban J connectivity index is 1.73. The number of rotatable bonds is 27. The fourth-order valence-corrected chi connectivity index (χ4v) is 11.9. The van der Waals surface area contributed by atoms with Crippen LogP contribution in [-0.2, 0) is 65.6 Å². The van der Waals surface area contributed by atoms with E-state index >= 15 is 0 Å². The first-order valence-electron chi connectivity index (χ1n) is 30.0. The number of carbonyl (C=O) groups excluding carboxylic acids is 11. The van der Waals surface area contributed by atoms with Crippen LogP contribution >= 0.6 is 21.6 Å². The van der Waals surface area contributed by atoms with Crippen molar-refractivity contribution < 1.29 is 57.8 Å². The van der Waals surface area contributed by atoms with Gasteiger partial charge in [-0.25, -0.2) is 0 Å². The first-order chi connectivity index (χ1) is 43.8. The van der Waals surface area contributed by atoms with Gasteiger partial charge >= 0.3 is 0 Å². The van der Waals surface area contributed by atoms with Gasteiger partial charge in [-0.05, 0) is 87.0 Å². The van der Waals surface area contributed by atoms with E-state index in [1.807, 2.05) is 0 Å². The van der Waals surface area contributed by atoms with E-state index in [-0.39, 0.29) is 119 Å². The Hall–Kier alpha value is -9.12. The van der Waals surface area contributed by atoms with Crippen molar-refractivity contribution in [3.05, 3.63) is 65.7 Å². The molecule has 33 nitrogen and oxygen atoms in total. The molecule has 2 heterocycles. The largest absolute Gasteiger partial charge is 0.508 e. The third-order valence-corrected chi connectivity index (χ3v) is 17.1. The van der Waals surface area contributed by atoms with Crippen molar-refractivity contribution in [2.75, 3.05) is 50.8 Å². The molecule has 2 aromatic rings. The van der Waals surface area contributed by atoms with E-state index in [4.69, 9.17) is 45.9 Å². The lowest BCUT2D eigenvalue weighted by molar-refractivity contribution is -0.142. The lowest BCUT2D eigenvalue weighted by atomic mass is 9.96. The van der Waals surface area contributed by atoms with E-state index < -0.39 is 138 Å². The van der Waals surface area contributed by atoms with Gasteiger partial charge in [-0.1, -0.05) is 84.3 Å². The first-order valence-corrected chi connectivity index (χ1v) is 32.5. The van der Waals surface area contributed by atoms with Gasteiger partial charge in [-0.3, -0.25) is 67.7 Å². The van der Waals surface area contributed by atoms with Gasteiger partial charge in [0, 0.05) is 44.1 Å². The molecule has 0 aliphatic carbocycles. The Labute approximate surface area is 540 Å². The third-order valence-electron chi connectivity index (χ3n) is 14.7. The summed E-state index contributed by atoms with van der Waals surface area (Å²) >= 11 is 0. The van der Waals surface area contributed by atoms with Crippen LogP contribution in [0.3, 0.4) is 0 Å². The number of hydrogen-bond acceptors (Lipinski definition) is 18. The van der Waals surface area contributed by atoms with E-state index in [1.54, 1.807) is 56.3 Å². The average Bonchev–Trinajstić information content (AvgIpc) is 1.62. The van der Waals surface area contributed by atoms with Crippen LogP contribution in [0.4, 0.5) is 0 Å². The Morgan fingerprint density at radius 3 is 1.74 bits per heavy atom. The molecule has 2 saturated heterocycles. The highest BCUT2D eigenvalue weighted by atomic mass is 33.1. The first kappa shape index (κ1) is 75.3. The number of primary amides is 1. The molecule has 0 aromatic heterocycles. The molecule has 506 valence electrons. The van der Waals surface area contributed by atoms with E-state index in [9.17, 15) is 57.8 Å². The molecule has 26 N–H and O–H groups in total. The molecule has 0 unspecified atom stereocenters. The number of benzene rings is 2. The number of carbonyl (C=O) groups is 11. The van der Waals surface area contributed by atoms with Crippen LogP contribution in [0.2, 0.25) is 0 Å². The number of guanidine groups is 3. The van der Waals surface area contributed by atoms with E-state index in [2.05, 4.69) is 62.8 Å². The predicted molar refractivity (Wildman–Crippen MR) is 347 cm³/mol. The van der Waals surface area contributed by atoms with E-state index in [0.717, 1.165) is 21.6 Å². The Bertz CT molecular complexity index is 2930. The minimum absolute atomic E-state index is 0.00647. The number of nitrogens with one attached hydrogen (secondary N) is 9. The van der Waals surface area contributed by atoms with E-state index in [1.165, 1.54) is 17.0 Å². The molecule has 11 amide bonds. The van der Waals surface area contributed by atoms with Gasteiger partial charge in [0.25, 0.3) is 0 Å². The van der Waals surface area contributed by atoms with Gasteiger partial charge in [-0.2, -0.15) is 0 Å². The third kappa shape index (κ3) is 26.8. The summed E-state index contributed by atoms with van der Waals surface area (Å²) in [5.41, 5.74) is 46.6. The van der Waals surface area contributed by atoms with Crippen molar-refractivity contribution >= 4 is 104 Å². The SMILES string of the molecule is CC[C@H](C)[C@@H]1NC(=O)[C@H](CCCN=C(N)N)NC(=O)[C@H](CCCN=C(N)N)NC(=O)[C@@H](NC(=O)[C@H](Cc2ccccc2)NC(=O)CNC(=O)CNC(=O)[C@@H](N)Cc2ccc(O)cc2)CSSC[C@H](C(N)=O)NC(=O)[C@@H]2CCCN2C(=O)[C@H](CCCN=C(N)N)NC1=O. The minimum atomic E-state index is -1.56. The van der Waals surface area contributed by atoms with Gasteiger partial charge in [-0.15, -0.1) is 0 Å². The highest BCUT2D eigenvalue weighted by Gasteiger charge is 2.41. The molecule has 0 spiro atoms. The summed E-state index contributed by atoms with van der Waals surface area (Å²) in [6, 6.07) is 2.47. The van der Waals surface area contributed by atoms with Crippen molar-refractivity contribution in [1.82, 2.24) is 52.8 Å². The molecule has 92 heavy (non-hydrogen) atoms. The zero-order valence-electron chi connectivity index (χ0n) is 51.6. The van der Waals surface area contributed by atoms with Crippen LogP contribution < -0.4 is 93.7 Å². The second-order valence-corrected chi connectivity index (χ2v) is 24.5. The molecular weight excluding hydrogens is 1230 g/mol. The Morgan fingerprint density at radius 1 is 0.630 bits per heavy atom. The molecule has 2 aromatic carbocycles. The number of nitrogens with two attached hydrogens (primary N) is 8. The summed E-state index contributed by atoms with van der Waals surface area (Å²) in [6.07, 6.45) is 0.895. The Kier molecular flexibility index (Phi) is 32.1. The standard InChI is InChI=1S/C57H89N21O12S2/c1-3-31(2)45-53(89)74-38(15-9-23-68-57(64)65)54(90)78-24-10-16-42(78)52(88)75-40(46(59)82)29-91-92-30-41(51(87)73-36(13-7-21-66-55(60)61)48(84)72-37(49(85)77-45)14-8-22-67-56(62)63)76-50(86)39(26-32-11-5-4-6-12-32)71-44(81)28-69-43(80)27-70-47(83)35(58)25-33-17-19-34(79)20-18-33/h4-6,11-12,17-20,31,35-42,45,79H,3,7-10,13-16,21-30,58H2,1-2H3,(H2,59,82)(H,69,80)(H,70,83)(H,71,81)(H,72,84)(H,73,87)(H,74,89)(H,75,88)(H,76,86)(H,77,85)(H4,60,61,66)(H4,62,63,67)(H4,64,65,68)/t31-,35-,36-,37-,38-,39-,40+,41-,42-,45-/m0/s1. The molecule has 4 rings (SSSR count). The molecule has 0 saturated carbocycles. The zero-order chi connectivity index (χ0) is 67.9. The lowest BCUT2D eigenvalue weighted by Crippen LogP contribution is -2.61. The van der Waals surface area contributed by atoms with Gasteiger partial charge in [0.15, 0.2) is 17.9 Å². The normalized spacial score (nSPS) is 21.3. The number of aromatic hydroxyl groups is 1. The van der Waals surface area contributed by atoms with Gasteiger partial charge < -0.3 is 104 Å². The summed E-state index contributed by atoms with van der Waals surface area (Å²) in [7, 11) is 1.93. The summed E-state index contributed by atoms with van der Waals surface area (Å²) < 4.78 is 0. The maximum Gasteiger partial charge on any atom is 0.245 e. The van der Waals surface area contributed by atoms with Crippen LogP contribution in [0.15, 0.2) is 69.6 Å². The second kappa shape index (κ2) is 39.2. The van der Waals surface area contributed by atoms with Crippen molar-refractivity contribution in [3.8, 4) is 5.75 Å². The molecule has 35 heteroatoms. The van der Waals surface area contributed by atoms with Crippen molar-refractivity contribution in [2.24, 2.45) is 66.8 Å². The highest BCUT2D eigenvalue weighted by Crippen LogP contribution is 2.25. The van der Waals surface area contributed by atoms with Crippen LogP contribution in [-0.4, -0.2) is 198 Å². The Morgan fingerprint density at radius 2 is 1.16 bits per heavy atom. The fourth-order valence-electron chi connectivity index (χ4n) is 9.54. The maximum atomic E-state index is 14.8. The number of hydrogen-bond donors (Lipinski definition) is 18. The van der Waals surface area contributed by atoms with Gasteiger partial charge in [0.1, 0.15) is 54.1 Å². The molecule has 2 aliphatic heterocycles. The van der Waals surface area contributed by atoms with Crippen molar-refractivity contribution in [2.45, 2.75) is 139 Å². The van der Waals surface area contributed by atoms with E-state index in [0.29, 0.717) is 24.0 Å². The lowest BCUT2D eigenvalue weighted by Gasteiger charge is -2.32. The molecular formula is C57H89N21O12S2. The monoisotopic (exact) mass is 1320 g/mol. The number of amides is 11. The average molecular weight is 1320 g/mol. The number of fused-ring (bicyclic) bond motifs is 1. The zero-order valence-corrected chi connectivity index (χ0v) is 53.2. The molecule has 10 atom stereocenters. The maximum absolute atomic E-state index is 14.8. The van der Waals surface area contributed by atoms with Crippen LogP contribution in [0.25, 0.3) is 0 Å². The van der Waals surface area contributed by atoms with Crippen LogP contribution in [0, 0.1) is 5.92 Å². The second-order valence-electron chi connectivity index (χ2n) is 22.0. The summed E-state index contributed by atoms with van der Waals surface area (Å²) in [5.74, 6) is -10.8. The predicted octanol–water partition coefficient (Wildman–Crippen LogP) is -5.79. The van der Waals surface area contributed by atoms with Gasteiger partial charge in [0.2, 0.25) is 65.0 Å². The van der Waals surface area contributed by atoms with Crippen LogP contribution in [0.5, 0.6) is 5.75 Å². The fraction of sp³-hybridized carbons (Fsp3) is 0.544. The number of aliphatic imine (C=N–C) groups is 3.